The molecule has 0 fully saturated rings. The number of nitro groups is 1. The highest BCUT2D eigenvalue weighted by Crippen LogP contribution is 2.24. The van der Waals surface area contributed by atoms with Crippen molar-refractivity contribution in [1.82, 2.24) is 9.97 Å². The summed E-state index contributed by atoms with van der Waals surface area (Å²) in [6, 6.07) is 6.28. The van der Waals surface area contributed by atoms with Crippen LogP contribution in [0.2, 0.25) is 0 Å². The lowest BCUT2D eigenvalue weighted by Crippen LogP contribution is -2.02. The number of nitro benzene ring substituents is 1. The first kappa shape index (κ1) is 13.7. The van der Waals surface area contributed by atoms with Gasteiger partial charge in [-0.15, -0.1) is 0 Å². The van der Waals surface area contributed by atoms with Gasteiger partial charge in [0.15, 0.2) is 0 Å². The summed E-state index contributed by atoms with van der Waals surface area (Å²) in [6.07, 6.45) is 0. The van der Waals surface area contributed by atoms with E-state index in [1.165, 1.54) is 19.2 Å². The quantitative estimate of drug-likeness (QED) is 0.681. The third-order valence-electron chi connectivity index (χ3n) is 2.72. The molecule has 0 saturated carbocycles. The minimum atomic E-state index is -0.442. The molecule has 0 bridgehead atoms. The van der Waals surface area contributed by atoms with Crippen molar-refractivity contribution in [3.8, 4) is 5.88 Å². The number of anilines is 2. The number of methoxy groups -OCH3 is 1. The fourth-order valence-corrected chi connectivity index (χ4v) is 1.68. The summed E-state index contributed by atoms with van der Waals surface area (Å²) in [5, 5.41) is 13.8. The van der Waals surface area contributed by atoms with Crippen molar-refractivity contribution >= 4 is 17.3 Å². The van der Waals surface area contributed by atoms with Crippen molar-refractivity contribution in [2.75, 3.05) is 12.4 Å². The van der Waals surface area contributed by atoms with Crippen LogP contribution in [0.25, 0.3) is 0 Å². The van der Waals surface area contributed by atoms with E-state index in [-0.39, 0.29) is 5.69 Å². The van der Waals surface area contributed by atoms with Gasteiger partial charge in [-0.25, -0.2) is 4.98 Å². The molecule has 7 nitrogen and oxygen atoms in total. The van der Waals surface area contributed by atoms with E-state index < -0.39 is 4.92 Å². The van der Waals surface area contributed by atoms with Gasteiger partial charge in [0.05, 0.1) is 17.7 Å². The van der Waals surface area contributed by atoms with Crippen molar-refractivity contribution in [1.29, 1.82) is 0 Å². The van der Waals surface area contributed by atoms with Gasteiger partial charge >= 0.3 is 0 Å². The predicted octanol–water partition coefficient (Wildman–Crippen LogP) is 2.75. The summed E-state index contributed by atoms with van der Waals surface area (Å²) < 4.78 is 5.07. The van der Waals surface area contributed by atoms with Crippen LogP contribution < -0.4 is 10.1 Å². The topological polar surface area (TPSA) is 90.2 Å². The number of hydrogen-bond acceptors (Lipinski definition) is 6. The molecular weight excluding hydrogens is 260 g/mol. The lowest BCUT2D eigenvalue weighted by atomic mass is 10.2. The Morgan fingerprint density at radius 3 is 2.65 bits per heavy atom. The Balaban J connectivity index is 2.36. The van der Waals surface area contributed by atoms with E-state index in [2.05, 4.69) is 15.3 Å². The normalized spacial score (nSPS) is 10.2. The molecule has 2 aromatic rings. The SMILES string of the molecule is COc1cc(C)nc(Nc2cc([N+](=O)[O-])ccc2C)n1. The molecule has 0 aliphatic heterocycles. The number of aromatic nitrogens is 2. The lowest BCUT2D eigenvalue weighted by molar-refractivity contribution is -0.384. The van der Waals surface area contributed by atoms with E-state index >= 15 is 0 Å². The van der Waals surface area contributed by atoms with E-state index in [0.29, 0.717) is 17.5 Å². The molecule has 0 radical (unpaired) electrons. The van der Waals surface area contributed by atoms with Crippen molar-refractivity contribution < 1.29 is 9.66 Å². The van der Waals surface area contributed by atoms with E-state index in [1.807, 2.05) is 13.8 Å². The summed E-state index contributed by atoms with van der Waals surface area (Å²) in [5.41, 5.74) is 2.20. The summed E-state index contributed by atoms with van der Waals surface area (Å²) in [4.78, 5) is 18.7. The molecule has 20 heavy (non-hydrogen) atoms. The molecule has 0 saturated heterocycles. The highest BCUT2D eigenvalue weighted by molar-refractivity contribution is 5.62. The standard InChI is InChI=1S/C13H14N4O3/c1-8-4-5-10(17(18)19)7-11(8)15-13-14-9(2)6-12(16-13)20-3/h4-7H,1-3H3,(H,14,15,16). The first-order valence-corrected chi connectivity index (χ1v) is 5.91. The molecule has 1 N–H and O–H groups in total. The van der Waals surface area contributed by atoms with Crippen molar-refractivity contribution in [2.24, 2.45) is 0 Å². The van der Waals surface area contributed by atoms with E-state index in [4.69, 9.17) is 4.74 Å². The van der Waals surface area contributed by atoms with Crippen molar-refractivity contribution in [2.45, 2.75) is 13.8 Å². The molecule has 0 atom stereocenters. The van der Waals surface area contributed by atoms with Gasteiger partial charge in [-0.05, 0) is 19.4 Å². The van der Waals surface area contributed by atoms with Gasteiger partial charge in [0.2, 0.25) is 11.8 Å². The van der Waals surface area contributed by atoms with Gasteiger partial charge in [0.1, 0.15) is 0 Å². The van der Waals surface area contributed by atoms with Gasteiger partial charge in [-0.3, -0.25) is 10.1 Å². The molecule has 7 heteroatoms. The summed E-state index contributed by atoms with van der Waals surface area (Å²) >= 11 is 0. The summed E-state index contributed by atoms with van der Waals surface area (Å²) in [5.74, 6) is 0.772. The maximum Gasteiger partial charge on any atom is 0.271 e. The molecule has 1 heterocycles. The second kappa shape index (κ2) is 5.52. The first-order valence-electron chi connectivity index (χ1n) is 5.91. The van der Waals surface area contributed by atoms with Gasteiger partial charge < -0.3 is 10.1 Å². The van der Waals surface area contributed by atoms with Crippen LogP contribution in [0.15, 0.2) is 24.3 Å². The van der Waals surface area contributed by atoms with Crippen LogP contribution in [-0.2, 0) is 0 Å². The Hall–Kier alpha value is -2.70. The third kappa shape index (κ3) is 3.00. The van der Waals surface area contributed by atoms with Gasteiger partial charge in [0.25, 0.3) is 5.69 Å². The number of nitrogens with one attached hydrogen (secondary N) is 1. The molecule has 104 valence electrons. The van der Waals surface area contributed by atoms with Gasteiger partial charge in [0, 0.05) is 23.9 Å². The average molecular weight is 274 g/mol. The number of ether oxygens (including phenoxy) is 1. The van der Waals surface area contributed by atoms with Crippen LogP contribution in [0, 0.1) is 24.0 Å². The minimum absolute atomic E-state index is 0.0118. The lowest BCUT2D eigenvalue weighted by Gasteiger charge is -2.09. The van der Waals surface area contributed by atoms with Crippen molar-refractivity contribution in [3.05, 3.63) is 45.6 Å². The zero-order valence-corrected chi connectivity index (χ0v) is 11.4. The zero-order chi connectivity index (χ0) is 14.7. The second-order valence-corrected chi connectivity index (χ2v) is 4.26. The van der Waals surface area contributed by atoms with Crippen LogP contribution in [0.4, 0.5) is 17.3 Å². The van der Waals surface area contributed by atoms with Crippen LogP contribution in [-0.4, -0.2) is 22.0 Å². The summed E-state index contributed by atoms with van der Waals surface area (Å²) in [7, 11) is 1.52. The highest BCUT2D eigenvalue weighted by atomic mass is 16.6. The number of nitrogens with zero attached hydrogens (tertiary/aromatic N) is 3. The number of hydrogen-bond donors (Lipinski definition) is 1. The fraction of sp³-hybridized carbons (Fsp3) is 0.231. The fourth-order valence-electron chi connectivity index (χ4n) is 1.68. The van der Waals surface area contributed by atoms with Crippen LogP contribution in [0.3, 0.4) is 0 Å². The summed E-state index contributed by atoms with van der Waals surface area (Å²) in [6.45, 7) is 3.66. The van der Waals surface area contributed by atoms with Gasteiger partial charge in [-0.2, -0.15) is 4.98 Å². The Kier molecular flexibility index (Phi) is 3.79. The van der Waals surface area contributed by atoms with Crippen LogP contribution in [0.5, 0.6) is 5.88 Å². The number of benzene rings is 1. The zero-order valence-electron chi connectivity index (χ0n) is 11.4. The molecule has 0 aliphatic rings. The number of rotatable bonds is 4. The molecule has 0 spiro atoms. The Labute approximate surface area is 115 Å². The molecule has 1 aromatic carbocycles. The molecule has 0 aliphatic carbocycles. The second-order valence-electron chi connectivity index (χ2n) is 4.26. The van der Waals surface area contributed by atoms with Crippen molar-refractivity contribution in [3.63, 3.8) is 0 Å². The van der Waals surface area contributed by atoms with Gasteiger partial charge in [-0.1, -0.05) is 6.07 Å². The third-order valence-corrected chi connectivity index (χ3v) is 2.72. The Morgan fingerprint density at radius 2 is 2.00 bits per heavy atom. The molecule has 0 unspecified atom stereocenters. The highest BCUT2D eigenvalue weighted by Gasteiger charge is 2.10. The molecule has 2 rings (SSSR count). The Morgan fingerprint density at radius 1 is 1.25 bits per heavy atom. The number of non-ortho nitro benzene ring substituents is 1. The van der Waals surface area contributed by atoms with E-state index in [0.717, 1.165) is 11.3 Å². The maximum atomic E-state index is 10.8. The minimum Gasteiger partial charge on any atom is -0.481 e. The smallest absolute Gasteiger partial charge is 0.271 e. The van der Waals surface area contributed by atoms with Crippen LogP contribution >= 0.6 is 0 Å². The first-order chi connectivity index (χ1) is 9.49. The monoisotopic (exact) mass is 274 g/mol. The van der Waals surface area contributed by atoms with E-state index in [1.54, 1.807) is 12.1 Å². The maximum absolute atomic E-state index is 10.8. The van der Waals surface area contributed by atoms with E-state index in [9.17, 15) is 10.1 Å². The molecular formula is C13H14N4O3. The Bertz CT molecular complexity index is 658. The predicted molar refractivity (Wildman–Crippen MR) is 74.4 cm³/mol. The average Bonchev–Trinajstić information content (AvgIpc) is 2.40. The molecule has 0 amide bonds. The molecule has 1 aromatic heterocycles. The largest absolute Gasteiger partial charge is 0.481 e. The van der Waals surface area contributed by atoms with Crippen LogP contribution in [0.1, 0.15) is 11.3 Å². The number of aryl methyl sites for hydroxylation is 2.